The third kappa shape index (κ3) is 1.75. The Hall–Kier alpha value is -0.830. The molecule has 0 aromatic carbocycles. The van der Waals surface area contributed by atoms with Gasteiger partial charge in [-0.3, -0.25) is 5.10 Å². The van der Waals surface area contributed by atoms with Gasteiger partial charge in [-0.1, -0.05) is 13.3 Å². The van der Waals surface area contributed by atoms with Gasteiger partial charge in [0.1, 0.15) is 0 Å². The minimum atomic E-state index is 0.655. The van der Waals surface area contributed by atoms with E-state index in [1.807, 2.05) is 6.20 Å². The van der Waals surface area contributed by atoms with Gasteiger partial charge in [0.25, 0.3) is 0 Å². The molecular formula is C10H17N3. The molecule has 2 N–H and O–H groups in total. The van der Waals surface area contributed by atoms with Gasteiger partial charge in [0.05, 0.1) is 0 Å². The van der Waals surface area contributed by atoms with Crippen LogP contribution in [0.1, 0.15) is 31.4 Å². The molecule has 0 spiro atoms. The summed E-state index contributed by atoms with van der Waals surface area (Å²) in [5, 5.41) is 10.5. The van der Waals surface area contributed by atoms with Gasteiger partial charge in [0.2, 0.25) is 0 Å². The molecule has 72 valence electrons. The highest BCUT2D eigenvalue weighted by Gasteiger charge is 2.28. The Bertz CT molecular complexity index is 243. The topological polar surface area (TPSA) is 40.7 Å². The van der Waals surface area contributed by atoms with Crippen molar-refractivity contribution in [2.45, 2.75) is 25.7 Å². The fraction of sp³-hybridized carbons (Fsp3) is 0.700. The molecule has 0 aliphatic carbocycles. The Morgan fingerprint density at radius 3 is 3.15 bits per heavy atom. The summed E-state index contributed by atoms with van der Waals surface area (Å²) in [6.45, 7) is 4.52. The largest absolute Gasteiger partial charge is 0.316 e. The molecule has 0 bridgehead atoms. The van der Waals surface area contributed by atoms with E-state index in [2.05, 4.69) is 28.5 Å². The second-order valence-electron chi connectivity index (χ2n) is 3.83. The predicted molar refractivity (Wildman–Crippen MR) is 52.6 cm³/mol. The zero-order valence-electron chi connectivity index (χ0n) is 8.09. The van der Waals surface area contributed by atoms with Crippen molar-refractivity contribution in [3.8, 4) is 0 Å². The molecular weight excluding hydrogens is 162 g/mol. The van der Waals surface area contributed by atoms with Crippen molar-refractivity contribution < 1.29 is 0 Å². The van der Waals surface area contributed by atoms with Crippen molar-refractivity contribution in [2.75, 3.05) is 13.1 Å². The second kappa shape index (κ2) is 3.92. The first-order valence-electron chi connectivity index (χ1n) is 5.11. The zero-order chi connectivity index (χ0) is 9.10. The van der Waals surface area contributed by atoms with E-state index in [-0.39, 0.29) is 0 Å². The number of aromatic nitrogens is 2. The maximum absolute atomic E-state index is 4.01. The van der Waals surface area contributed by atoms with Crippen molar-refractivity contribution in [1.82, 2.24) is 15.5 Å². The highest BCUT2D eigenvalue weighted by Crippen LogP contribution is 2.29. The lowest BCUT2D eigenvalue weighted by Gasteiger charge is -2.15. The summed E-state index contributed by atoms with van der Waals surface area (Å²) in [5.41, 5.74) is 1.29. The number of H-pyrrole nitrogens is 1. The summed E-state index contributed by atoms with van der Waals surface area (Å²) in [6.07, 6.45) is 4.43. The summed E-state index contributed by atoms with van der Waals surface area (Å²) < 4.78 is 0. The maximum Gasteiger partial charge on any atom is 0.0490 e. The number of nitrogens with one attached hydrogen (secondary N) is 2. The van der Waals surface area contributed by atoms with Gasteiger partial charge in [0.15, 0.2) is 0 Å². The van der Waals surface area contributed by atoms with Gasteiger partial charge in [-0.25, -0.2) is 0 Å². The molecule has 1 fully saturated rings. The third-order valence-electron chi connectivity index (χ3n) is 2.92. The molecule has 0 amide bonds. The molecule has 2 unspecified atom stereocenters. The molecule has 2 rings (SSSR count). The van der Waals surface area contributed by atoms with Crippen LogP contribution in [0.3, 0.4) is 0 Å². The van der Waals surface area contributed by atoms with Crippen molar-refractivity contribution in [1.29, 1.82) is 0 Å². The van der Waals surface area contributed by atoms with Crippen molar-refractivity contribution in [3.63, 3.8) is 0 Å². The molecule has 2 heterocycles. The van der Waals surface area contributed by atoms with Crippen LogP contribution in [-0.4, -0.2) is 23.3 Å². The first-order valence-corrected chi connectivity index (χ1v) is 5.11. The Kier molecular flexibility index (Phi) is 2.64. The van der Waals surface area contributed by atoms with Crippen LogP contribution in [0.2, 0.25) is 0 Å². The normalized spacial score (nSPS) is 28.1. The molecule has 3 nitrogen and oxygen atoms in total. The fourth-order valence-electron chi connectivity index (χ4n) is 2.24. The lowest BCUT2D eigenvalue weighted by atomic mass is 9.89. The highest BCUT2D eigenvalue weighted by atomic mass is 15.1. The zero-order valence-corrected chi connectivity index (χ0v) is 8.09. The molecule has 1 aromatic rings. The van der Waals surface area contributed by atoms with Crippen molar-refractivity contribution in [3.05, 3.63) is 18.0 Å². The van der Waals surface area contributed by atoms with E-state index in [4.69, 9.17) is 0 Å². The van der Waals surface area contributed by atoms with E-state index in [0.29, 0.717) is 5.92 Å². The molecule has 1 aliphatic rings. The molecule has 3 heteroatoms. The van der Waals surface area contributed by atoms with Gasteiger partial charge in [-0.15, -0.1) is 0 Å². The second-order valence-corrected chi connectivity index (χ2v) is 3.83. The van der Waals surface area contributed by atoms with Gasteiger partial charge in [0, 0.05) is 24.4 Å². The van der Waals surface area contributed by atoms with Crippen molar-refractivity contribution in [2.24, 2.45) is 5.92 Å². The Morgan fingerprint density at radius 2 is 2.46 bits per heavy atom. The van der Waals surface area contributed by atoms with Gasteiger partial charge in [-0.05, 0) is 24.9 Å². The minimum absolute atomic E-state index is 0.655. The molecule has 0 saturated carbocycles. The van der Waals surface area contributed by atoms with Crippen LogP contribution in [0.4, 0.5) is 0 Å². The smallest absolute Gasteiger partial charge is 0.0490 e. The van der Waals surface area contributed by atoms with E-state index in [1.165, 1.54) is 18.5 Å². The Morgan fingerprint density at radius 1 is 1.54 bits per heavy atom. The number of aromatic amines is 1. The molecule has 1 saturated heterocycles. The third-order valence-corrected chi connectivity index (χ3v) is 2.92. The number of hydrogen-bond donors (Lipinski definition) is 2. The number of hydrogen-bond acceptors (Lipinski definition) is 2. The fourth-order valence-corrected chi connectivity index (χ4v) is 2.24. The van der Waals surface area contributed by atoms with Gasteiger partial charge < -0.3 is 5.32 Å². The molecule has 13 heavy (non-hydrogen) atoms. The lowest BCUT2D eigenvalue weighted by molar-refractivity contribution is 0.466. The predicted octanol–water partition coefficient (Wildman–Crippen LogP) is 1.51. The standard InChI is InChI=1S/C10H17N3/c1-2-3-8-6-11-7-9(8)10-4-5-12-13-10/h4-5,8-9,11H,2-3,6-7H2,1H3,(H,12,13). The number of nitrogens with zero attached hydrogens (tertiary/aromatic N) is 1. The SMILES string of the molecule is CCCC1CNCC1c1ccn[nH]1. The van der Waals surface area contributed by atoms with Crippen LogP contribution in [0, 0.1) is 5.92 Å². The van der Waals surface area contributed by atoms with Gasteiger partial charge >= 0.3 is 0 Å². The monoisotopic (exact) mass is 179 g/mol. The summed E-state index contributed by atoms with van der Waals surface area (Å²) >= 11 is 0. The summed E-state index contributed by atoms with van der Waals surface area (Å²) in [4.78, 5) is 0. The first kappa shape index (κ1) is 8.75. The van der Waals surface area contributed by atoms with E-state index in [9.17, 15) is 0 Å². The average Bonchev–Trinajstić information content (AvgIpc) is 2.71. The molecule has 0 radical (unpaired) electrons. The maximum atomic E-state index is 4.01. The molecule has 1 aliphatic heterocycles. The summed E-state index contributed by atoms with van der Waals surface area (Å²) in [6, 6.07) is 2.10. The lowest BCUT2D eigenvalue weighted by Crippen LogP contribution is -2.10. The minimum Gasteiger partial charge on any atom is -0.316 e. The highest BCUT2D eigenvalue weighted by molar-refractivity contribution is 5.10. The van der Waals surface area contributed by atoms with E-state index < -0.39 is 0 Å². The van der Waals surface area contributed by atoms with E-state index in [1.54, 1.807) is 0 Å². The summed E-state index contributed by atoms with van der Waals surface area (Å²) in [5.74, 6) is 1.45. The van der Waals surface area contributed by atoms with E-state index >= 15 is 0 Å². The van der Waals surface area contributed by atoms with Crippen LogP contribution < -0.4 is 5.32 Å². The van der Waals surface area contributed by atoms with Crippen molar-refractivity contribution >= 4 is 0 Å². The summed E-state index contributed by atoms with van der Waals surface area (Å²) in [7, 11) is 0. The quantitative estimate of drug-likeness (QED) is 0.738. The van der Waals surface area contributed by atoms with Gasteiger partial charge in [-0.2, -0.15) is 5.10 Å². The van der Waals surface area contributed by atoms with Crippen LogP contribution >= 0.6 is 0 Å². The number of rotatable bonds is 3. The Labute approximate surface area is 78.9 Å². The first-order chi connectivity index (χ1) is 6.42. The molecule has 2 atom stereocenters. The van der Waals surface area contributed by atoms with Crippen LogP contribution in [0.25, 0.3) is 0 Å². The van der Waals surface area contributed by atoms with Crippen LogP contribution in [0.5, 0.6) is 0 Å². The van der Waals surface area contributed by atoms with E-state index in [0.717, 1.165) is 19.0 Å². The average molecular weight is 179 g/mol. The van der Waals surface area contributed by atoms with Crippen LogP contribution in [-0.2, 0) is 0 Å². The Balaban J connectivity index is 2.05. The van der Waals surface area contributed by atoms with Crippen LogP contribution in [0.15, 0.2) is 12.3 Å². The molecule has 1 aromatic heterocycles.